The number of anilines is 1. The smallest absolute Gasteiger partial charge is 0.124 e. The van der Waals surface area contributed by atoms with Crippen LogP contribution in [0.5, 0.6) is 5.75 Å². The molecule has 0 saturated carbocycles. The Kier molecular flexibility index (Phi) is 3.79. The van der Waals surface area contributed by atoms with Crippen molar-refractivity contribution < 1.29 is 9.13 Å². The van der Waals surface area contributed by atoms with E-state index in [1.54, 1.807) is 6.07 Å². The number of hydrogen-bond acceptors (Lipinski definition) is 2. The van der Waals surface area contributed by atoms with E-state index in [0.29, 0.717) is 5.02 Å². The van der Waals surface area contributed by atoms with E-state index in [9.17, 15) is 4.39 Å². The molecular formula is C16H15ClFNO. The standard InChI is InChI=1S/C16H15ClFNO/c17-14-10-13(18)2-3-15(14)19-7-5-11-1-4-16-12(9-11)6-8-20-16/h1-4,9-10,19H,5-8H2. The van der Waals surface area contributed by atoms with Gasteiger partial charge in [-0.2, -0.15) is 0 Å². The predicted octanol–water partition coefficient (Wildman–Crippen LogP) is 4.07. The molecule has 0 aromatic heterocycles. The summed E-state index contributed by atoms with van der Waals surface area (Å²) in [5.74, 6) is 0.683. The highest BCUT2D eigenvalue weighted by Crippen LogP contribution is 2.26. The summed E-state index contributed by atoms with van der Waals surface area (Å²) in [6, 6.07) is 10.7. The van der Waals surface area contributed by atoms with Crippen molar-refractivity contribution in [1.29, 1.82) is 0 Å². The summed E-state index contributed by atoms with van der Waals surface area (Å²) in [5, 5.41) is 3.64. The quantitative estimate of drug-likeness (QED) is 0.917. The second-order valence-electron chi connectivity index (χ2n) is 4.84. The largest absolute Gasteiger partial charge is 0.493 e. The minimum atomic E-state index is -0.320. The van der Waals surface area contributed by atoms with Crippen LogP contribution in [0, 0.1) is 5.82 Å². The molecule has 4 heteroatoms. The fraction of sp³-hybridized carbons (Fsp3) is 0.250. The van der Waals surface area contributed by atoms with Gasteiger partial charge in [-0.3, -0.25) is 0 Å². The van der Waals surface area contributed by atoms with Crippen LogP contribution < -0.4 is 10.1 Å². The third kappa shape index (κ3) is 2.88. The lowest BCUT2D eigenvalue weighted by Gasteiger charge is -2.09. The van der Waals surface area contributed by atoms with Gasteiger partial charge in [0.05, 0.1) is 17.3 Å². The van der Waals surface area contributed by atoms with Crippen LogP contribution in [0.1, 0.15) is 11.1 Å². The van der Waals surface area contributed by atoms with E-state index < -0.39 is 0 Å². The van der Waals surface area contributed by atoms with Gasteiger partial charge in [0.1, 0.15) is 11.6 Å². The molecule has 1 aliphatic rings. The maximum absolute atomic E-state index is 12.9. The monoisotopic (exact) mass is 291 g/mol. The SMILES string of the molecule is Fc1ccc(NCCc2ccc3c(c2)CCO3)c(Cl)c1. The Hall–Kier alpha value is -1.74. The van der Waals surface area contributed by atoms with Crippen LogP contribution in [0.2, 0.25) is 5.02 Å². The summed E-state index contributed by atoms with van der Waals surface area (Å²) >= 11 is 5.97. The molecule has 20 heavy (non-hydrogen) atoms. The van der Waals surface area contributed by atoms with E-state index in [2.05, 4.69) is 17.4 Å². The van der Waals surface area contributed by atoms with Gasteiger partial charge in [-0.15, -0.1) is 0 Å². The number of nitrogens with one attached hydrogen (secondary N) is 1. The summed E-state index contributed by atoms with van der Waals surface area (Å²) in [4.78, 5) is 0. The van der Waals surface area contributed by atoms with E-state index in [1.807, 2.05) is 6.07 Å². The topological polar surface area (TPSA) is 21.3 Å². The minimum Gasteiger partial charge on any atom is -0.493 e. The number of benzene rings is 2. The molecule has 2 aromatic rings. The van der Waals surface area contributed by atoms with E-state index >= 15 is 0 Å². The van der Waals surface area contributed by atoms with Gasteiger partial charge in [0.15, 0.2) is 0 Å². The number of fused-ring (bicyclic) bond motifs is 1. The normalized spacial score (nSPS) is 12.9. The van der Waals surface area contributed by atoms with Crippen molar-refractivity contribution in [1.82, 2.24) is 0 Å². The number of rotatable bonds is 4. The Morgan fingerprint density at radius 2 is 2.10 bits per heavy atom. The van der Waals surface area contributed by atoms with Gasteiger partial charge in [0.2, 0.25) is 0 Å². The van der Waals surface area contributed by atoms with Crippen molar-refractivity contribution in [3.63, 3.8) is 0 Å². The van der Waals surface area contributed by atoms with E-state index in [1.165, 1.54) is 23.3 Å². The van der Waals surface area contributed by atoms with Gasteiger partial charge in [-0.25, -0.2) is 4.39 Å². The maximum atomic E-state index is 12.9. The average molecular weight is 292 g/mol. The Morgan fingerprint density at radius 3 is 2.95 bits per heavy atom. The van der Waals surface area contributed by atoms with Crippen LogP contribution in [0.15, 0.2) is 36.4 Å². The lowest BCUT2D eigenvalue weighted by molar-refractivity contribution is 0.357. The lowest BCUT2D eigenvalue weighted by Crippen LogP contribution is -2.05. The first kappa shape index (κ1) is 13.3. The van der Waals surface area contributed by atoms with Crippen molar-refractivity contribution in [3.05, 3.63) is 58.4 Å². The second kappa shape index (κ2) is 5.71. The molecule has 104 valence electrons. The summed E-state index contributed by atoms with van der Waals surface area (Å²) < 4.78 is 18.4. The molecule has 0 amide bonds. The van der Waals surface area contributed by atoms with Gasteiger partial charge in [-0.05, 0) is 41.8 Å². The molecule has 3 rings (SSSR count). The lowest BCUT2D eigenvalue weighted by atomic mass is 10.1. The van der Waals surface area contributed by atoms with Gasteiger partial charge < -0.3 is 10.1 Å². The van der Waals surface area contributed by atoms with Gasteiger partial charge in [0.25, 0.3) is 0 Å². The molecule has 0 radical (unpaired) electrons. The van der Waals surface area contributed by atoms with Crippen molar-refractivity contribution in [2.75, 3.05) is 18.5 Å². The zero-order chi connectivity index (χ0) is 13.9. The summed E-state index contributed by atoms with van der Waals surface area (Å²) in [6.07, 6.45) is 1.88. The first-order valence-corrected chi connectivity index (χ1v) is 7.04. The van der Waals surface area contributed by atoms with Crippen LogP contribution in [0.3, 0.4) is 0 Å². The van der Waals surface area contributed by atoms with Gasteiger partial charge in [-0.1, -0.05) is 23.7 Å². The maximum Gasteiger partial charge on any atom is 0.124 e. The first-order valence-electron chi connectivity index (χ1n) is 6.66. The summed E-state index contributed by atoms with van der Waals surface area (Å²) in [5.41, 5.74) is 3.31. The number of ether oxygens (including phenoxy) is 1. The third-order valence-corrected chi connectivity index (χ3v) is 3.73. The van der Waals surface area contributed by atoms with Crippen LogP contribution >= 0.6 is 11.6 Å². The third-order valence-electron chi connectivity index (χ3n) is 3.41. The number of hydrogen-bond donors (Lipinski definition) is 1. The average Bonchev–Trinajstić information content (AvgIpc) is 2.89. The van der Waals surface area contributed by atoms with Gasteiger partial charge >= 0.3 is 0 Å². The Balaban J connectivity index is 1.60. The van der Waals surface area contributed by atoms with Crippen LogP contribution in [0.4, 0.5) is 10.1 Å². The molecule has 0 saturated heterocycles. The van der Waals surface area contributed by atoms with Crippen LogP contribution in [-0.2, 0) is 12.8 Å². The molecule has 1 N–H and O–H groups in total. The van der Waals surface area contributed by atoms with Crippen molar-refractivity contribution >= 4 is 17.3 Å². The highest BCUT2D eigenvalue weighted by Gasteiger charge is 2.11. The van der Waals surface area contributed by atoms with Crippen molar-refractivity contribution in [2.45, 2.75) is 12.8 Å². The molecule has 1 aliphatic heterocycles. The highest BCUT2D eigenvalue weighted by atomic mass is 35.5. The molecule has 2 aromatic carbocycles. The molecule has 0 unspecified atom stereocenters. The Morgan fingerprint density at radius 1 is 1.20 bits per heavy atom. The number of halogens is 2. The molecule has 0 atom stereocenters. The Labute approximate surface area is 122 Å². The highest BCUT2D eigenvalue weighted by molar-refractivity contribution is 6.33. The van der Waals surface area contributed by atoms with E-state index in [-0.39, 0.29) is 5.82 Å². The predicted molar refractivity (Wildman–Crippen MR) is 79.2 cm³/mol. The zero-order valence-electron chi connectivity index (χ0n) is 11.0. The second-order valence-corrected chi connectivity index (χ2v) is 5.25. The first-order chi connectivity index (χ1) is 9.72. The molecule has 0 aliphatic carbocycles. The fourth-order valence-electron chi connectivity index (χ4n) is 2.37. The summed E-state index contributed by atoms with van der Waals surface area (Å²) in [7, 11) is 0. The minimum absolute atomic E-state index is 0.320. The molecule has 0 bridgehead atoms. The zero-order valence-corrected chi connectivity index (χ0v) is 11.7. The molecule has 2 nitrogen and oxygen atoms in total. The van der Waals surface area contributed by atoms with Crippen molar-refractivity contribution in [3.8, 4) is 5.75 Å². The van der Waals surface area contributed by atoms with Gasteiger partial charge in [0, 0.05) is 13.0 Å². The van der Waals surface area contributed by atoms with E-state index in [4.69, 9.17) is 16.3 Å². The molecular weight excluding hydrogens is 277 g/mol. The molecule has 1 heterocycles. The summed E-state index contributed by atoms with van der Waals surface area (Å²) in [6.45, 7) is 1.53. The molecule has 0 spiro atoms. The van der Waals surface area contributed by atoms with E-state index in [0.717, 1.165) is 37.4 Å². The van der Waals surface area contributed by atoms with Crippen molar-refractivity contribution in [2.24, 2.45) is 0 Å². The van der Waals surface area contributed by atoms with Crippen LogP contribution in [-0.4, -0.2) is 13.2 Å². The molecule has 0 fully saturated rings. The fourth-order valence-corrected chi connectivity index (χ4v) is 2.60. The Bertz CT molecular complexity index is 630. The van der Waals surface area contributed by atoms with Crippen LogP contribution in [0.25, 0.3) is 0 Å².